The van der Waals surface area contributed by atoms with Gasteiger partial charge in [0.25, 0.3) is 0 Å². The second-order valence-corrected chi connectivity index (χ2v) is 5.34. The maximum atomic E-state index is 12.4. The molecule has 0 aliphatic rings. The van der Waals surface area contributed by atoms with Gasteiger partial charge in [-0.25, -0.2) is 0 Å². The fourth-order valence-electron chi connectivity index (χ4n) is 2.53. The van der Waals surface area contributed by atoms with Crippen LogP contribution < -0.4 is 0 Å². The van der Waals surface area contributed by atoms with Crippen molar-refractivity contribution in [2.24, 2.45) is 0 Å². The van der Waals surface area contributed by atoms with Crippen LogP contribution in [-0.2, 0) is 6.54 Å². The van der Waals surface area contributed by atoms with Crippen molar-refractivity contribution in [3.8, 4) is 5.69 Å². The number of benzene rings is 1. The zero-order chi connectivity index (χ0) is 16.2. The Kier molecular flexibility index (Phi) is 4.24. The summed E-state index contributed by atoms with van der Waals surface area (Å²) in [5.41, 5.74) is 3.69. The van der Waals surface area contributed by atoms with Gasteiger partial charge in [0.05, 0.1) is 6.20 Å². The highest BCUT2D eigenvalue weighted by Gasteiger charge is 2.06. The average Bonchev–Trinajstić information content (AvgIpc) is 3.23. The van der Waals surface area contributed by atoms with Gasteiger partial charge in [-0.2, -0.15) is 5.10 Å². The van der Waals surface area contributed by atoms with E-state index in [-0.39, 0.29) is 5.78 Å². The van der Waals surface area contributed by atoms with E-state index in [1.54, 1.807) is 12.3 Å². The summed E-state index contributed by atoms with van der Waals surface area (Å²) in [6, 6.07) is 11.5. The van der Waals surface area contributed by atoms with Gasteiger partial charge in [-0.1, -0.05) is 12.1 Å². The number of aromatic nitrogens is 3. The van der Waals surface area contributed by atoms with Gasteiger partial charge >= 0.3 is 0 Å². The number of nitrogens with zero attached hydrogens (tertiary/aromatic N) is 3. The maximum Gasteiger partial charge on any atom is 0.185 e. The van der Waals surface area contributed by atoms with Crippen LogP contribution in [0.2, 0.25) is 0 Å². The second-order valence-electron chi connectivity index (χ2n) is 5.34. The summed E-state index contributed by atoms with van der Waals surface area (Å²) in [5, 5.41) is 4.28. The van der Waals surface area contributed by atoms with E-state index in [4.69, 9.17) is 0 Å². The largest absolute Gasteiger partial charge is 0.324 e. The average molecular weight is 305 g/mol. The number of allylic oxidation sites excluding steroid dienone is 1. The van der Waals surface area contributed by atoms with Crippen LogP contribution in [0.4, 0.5) is 0 Å². The summed E-state index contributed by atoms with van der Waals surface area (Å²) < 4.78 is 3.90. The van der Waals surface area contributed by atoms with Gasteiger partial charge in [0.1, 0.15) is 0 Å². The molecule has 23 heavy (non-hydrogen) atoms. The molecule has 2 heterocycles. The fraction of sp³-hybridized carbons (Fsp3) is 0.158. The van der Waals surface area contributed by atoms with E-state index >= 15 is 0 Å². The monoisotopic (exact) mass is 305 g/mol. The first-order valence-corrected chi connectivity index (χ1v) is 7.67. The van der Waals surface area contributed by atoms with E-state index in [1.165, 1.54) is 0 Å². The van der Waals surface area contributed by atoms with Gasteiger partial charge < -0.3 is 4.57 Å². The van der Waals surface area contributed by atoms with E-state index in [9.17, 15) is 4.79 Å². The van der Waals surface area contributed by atoms with E-state index in [1.807, 2.05) is 78.0 Å². The lowest BCUT2D eigenvalue weighted by atomic mass is 10.1. The molecule has 0 N–H and O–H groups in total. The molecule has 0 aliphatic heterocycles. The van der Waals surface area contributed by atoms with Crippen molar-refractivity contribution in [2.45, 2.75) is 20.4 Å². The Hall–Kier alpha value is -2.88. The molecule has 0 bridgehead atoms. The van der Waals surface area contributed by atoms with Crippen LogP contribution in [0.5, 0.6) is 0 Å². The molecule has 2 aromatic heterocycles. The predicted octanol–water partition coefficient (Wildman–Crippen LogP) is 3.90. The zero-order valence-corrected chi connectivity index (χ0v) is 13.3. The molecule has 0 amide bonds. The van der Waals surface area contributed by atoms with Gasteiger partial charge in [0, 0.05) is 41.4 Å². The molecule has 1 aromatic carbocycles. The molecule has 4 heteroatoms. The van der Waals surface area contributed by atoms with Crippen molar-refractivity contribution in [3.05, 3.63) is 77.9 Å². The maximum absolute atomic E-state index is 12.4. The Morgan fingerprint density at radius 2 is 2.00 bits per heavy atom. The first-order valence-electron chi connectivity index (χ1n) is 7.67. The molecule has 0 aliphatic carbocycles. The number of ketones is 1. The molecule has 3 aromatic rings. The Balaban J connectivity index is 1.82. The number of aryl methyl sites for hydroxylation is 1. The SMILES string of the molecule is CCn1ncc(/C=C/C(=O)c2cccc(-n3cccc3)c2)c1C. The van der Waals surface area contributed by atoms with E-state index < -0.39 is 0 Å². The predicted molar refractivity (Wildman–Crippen MR) is 91.8 cm³/mol. The molecule has 0 fully saturated rings. The smallest absolute Gasteiger partial charge is 0.185 e. The Labute approximate surface area is 135 Å². The van der Waals surface area contributed by atoms with Crippen LogP contribution in [0.3, 0.4) is 0 Å². The van der Waals surface area contributed by atoms with Crippen molar-refractivity contribution < 1.29 is 4.79 Å². The molecule has 4 nitrogen and oxygen atoms in total. The van der Waals surface area contributed by atoms with Crippen molar-refractivity contribution in [2.75, 3.05) is 0 Å². The van der Waals surface area contributed by atoms with Gasteiger partial charge in [0.15, 0.2) is 5.78 Å². The van der Waals surface area contributed by atoms with Crippen LogP contribution in [0.15, 0.2) is 61.1 Å². The van der Waals surface area contributed by atoms with Gasteiger partial charge in [-0.05, 0) is 50.3 Å². The van der Waals surface area contributed by atoms with Crippen molar-refractivity contribution in [1.29, 1.82) is 0 Å². The fourth-order valence-corrected chi connectivity index (χ4v) is 2.53. The molecule has 0 atom stereocenters. The third-order valence-corrected chi connectivity index (χ3v) is 3.89. The minimum atomic E-state index is -0.0114. The number of hydrogen-bond donors (Lipinski definition) is 0. The molecule has 0 unspecified atom stereocenters. The summed E-state index contributed by atoms with van der Waals surface area (Å²) >= 11 is 0. The van der Waals surface area contributed by atoms with Crippen LogP contribution in [-0.4, -0.2) is 20.1 Å². The Morgan fingerprint density at radius 1 is 1.22 bits per heavy atom. The van der Waals surface area contributed by atoms with Gasteiger partial charge in [-0.3, -0.25) is 9.48 Å². The molecule has 0 spiro atoms. The highest BCUT2D eigenvalue weighted by atomic mass is 16.1. The van der Waals surface area contributed by atoms with Crippen LogP contribution in [0, 0.1) is 6.92 Å². The minimum absolute atomic E-state index is 0.0114. The van der Waals surface area contributed by atoms with E-state index in [2.05, 4.69) is 5.10 Å². The van der Waals surface area contributed by atoms with Crippen LogP contribution in [0.1, 0.15) is 28.5 Å². The van der Waals surface area contributed by atoms with Gasteiger partial charge in [-0.15, -0.1) is 0 Å². The number of carbonyl (C=O) groups excluding carboxylic acids is 1. The molecule has 116 valence electrons. The number of hydrogen-bond acceptors (Lipinski definition) is 2. The number of carbonyl (C=O) groups is 1. The molecule has 0 saturated carbocycles. The van der Waals surface area contributed by atoms with Gasteiger partial charge in [0.2, 0.25) is 0 Å². The normalized spacial score (nSPS) is 11.2. The topological polar surface area (TPSA) is 39.8 Å². The zero-order valence-electron chi connectivity index (χ0n) is 13.3. The van der Waals surface area contributed by atoms with Crippen molar-refractivity contribution in [1.82, 2.24) is 14.3 Å². The molecular weight excluding hydrogens is 286 g/mol. The first kappa shape index (κ1) is 15.0. The second kappa shape index (κ2) is 6.48. The third-order valence-electron chi connectivity index (χ3n) is 3.89. The standard InChI is InChI=1S/C19H19N3O/c1-3-22-15(2)17(14-20-22)9-10-19(23)16-7-6-8-18(13-16)21-11-4-5-12-21/h4-14H,3H2,1-2H3/b10-9+. The van der Waals surface area contributed by atoms with E-state index in [0.717, 1.165) is 23.5 Å². The van der Waals surface area contributed by atoms with Crippen LogP contribution >= 0.6 is 0 Å². The van der Waals surface area contributed by atoms with Crippen LogP contribution in [0.25, 0.3) is 11.8 Å². The molecule has 3 rings (SSSR count). The quantitative estimate of drug-likeness (QED) is 0.530. The van der Waals surface area contributed by atoms with Crippen molar-refractivity contribution >= 4 is 11.9 Å². The minimum Gasteiger partial charge on any atom is -0.324 e. The number of rotatable bonds is 5. The lowest BCUT2D eigenvalue weighted by Gasteiger charge is -2.04. The lowest BCUT2D eigenvalue weighted by molar-refractivity contribution is 0.104. The Morgan fingerprint density at radius 3 is 2.70 bits per heavy atom. The summed E-state index contributed by atoms with van der Waals surface area (Å²) in [7, 11) is 0. The summed E-state index contributed by atoms with van der Waals surface area (Å²) in [6.45, 7) is 4.88. The third kappa shape index (κ3) is 3.16. The summed E-state index contributed by atoms with van der Waals surface area (Å²) in [6.07, 6.45) is 9.15. The van der Waals surface area contributed by atoms with Crippen molar-refractivity contribution in [3.63, 3.8) is 0 Å². The summed E-state index contributed by atoms with van der Waals surface area (Å²) in [4.78, 5) is 12.4. The Bertz CT molecular complexity index is 841. The molecule has 0 saturated heterocycles. The van der Waals surface area contributed by atoms with E-state index in [0.29, 0.717) is 5.56 Å². The first-order chi connectivity index (χ1) is 11.2. The summed E-state index contributed by atoms with van der Waals surface area (Å²) in [5.74, 6) is -0.0114. The molecular formula is C19H19N3O. The lowest BCUT2D eigenvalue weighted by Crippen LogP contribution is -1.99. The highest BCUT2D eigenvalue weighted by molar-refractivity contribution is 6.07. The highest BCUT2D eigenvalue weighted by Crippen LogP contribution is 2.14. The molecule has 0 radical (unpaired) electrons.